The number of hydrazone groups is 1. The Morgan fingerprint density at radius 2 is 2.23 bits per heavy atom. The maximum atomic E-state index is 11.4. The van der Waals surface area contributed by atoms with Crippen molar-refractivity contribution < 1.29 is 19.6 Å². The van der Waals surface area contributed by atoms with E-state index in [4.69, 9.17) is 4.74 Å². The fraction of sp³-hybridized carbons (Fsp3) is 0.429. The van der Waals surface area contributed by atoms with Gasteiger partial charge in [0.05, 0.1) is 17.7 Å². The second-order valence-electron chi connectivity index (χ2n) is 4.47. The molecule has 0 spiro atoms. The van der Waals surface area contributed by atoms with Crippen LogP contribution in [0.2, 0.25) is 0 Å². The zero-order chi connectivity index (χ0) is 16.5. The number of nitrogens with one attached hydrogen (secondary N) is 1. The Hall–Kier alpha value is -2.64. The second kappa shape index (κ2) is 8.60. The molecule has 2 N–H and O–H groups in total. The number of hydrogen-bond donors (Lipinski definition) is 2. The summed E-state index contributed by atoms with van der Waals surface area (Å²) in [4.78, 5) is 21.6. The fourth-order valence-corrected chi connectivity index (χ4v) is 1.67. The standard InChI is InChI=1S/C14H19N3O5/c1-3-5-6-13(18)16-15-9-10-7-11(17(20)21)14(19)12(8-10)22-4-2/h7-9,19H,3-6H2,1-2H3,(H,16,18)/b15-9+. The van der Waals surface area contributed by atoms with Crippen molar-refractivity contribution in [3.63, 3.8) is 0 Å². The minimum Gasteiger partial charge on any atom is -0.500 e. The Morgan fingerprint density at radius 3 is 2.82 bits per heavy atom. The van der Waals surface area contributed by atoms with E-state index >= 15 is 0 Å². The van der Waals surface area contributed by atoms with Crippen molar-refractivity contribution in [2.45, 2.75) is 33.1 Å². The van der Waals surface area contributed by atoms with E-state index in [2.05, 4.69) is 10.5 Å². The van der Waals surface area contributed by atoms with Crippen LogP contribution in [0.3, 0.4) is 0 Å². The summed E-state index contributed by atoms with van der Waals surface area (Å²) in [5.74, 6) is -0.761. The summed E-state index contributed by atoms with van der Waals surface area (Å²) >= 11 is 0. The molecule has 8 nitrogen and oxygen atoms in total. The van der Waals surface area contributed by atoms with Crippen molar-refractivity contribution in [1.82, 2.24) is 5.43 Å². The van der Waals surface area contributed by atoms with Crippen molar-refractivity contribution in [1.29, 1.82) is 0 Å². The Morgan fingerprint density at radius 1 is 1.50 bits per heavy atom. The number of phenolic OH excluding ortho intramolecular Hbond substituents is 1. The maximum Gasteiger partial charge on any atom is 0.315 e. The lowest BCUT2D eigenvalue weighted by molar-refractivity contribution is -0.386. The number of phenols is 1. The van der Waals surface area contributed by atoms with E-state index in [0.29, 0.717) is 12.0 Å². The number of aromatic hydroxyl groups is 1. The van der Waals surface area contributed by atoms with Gasteiger partial charge in [0.2, 0.25) is 11.7 Å². The summed E-state index contributed by atoms with van der Waals surface area (Å²) in [6, 6.07) is 2.56. The van der Waals surface area contributed by atoms with Crippen LogP contribution in [0.15, 0.2) is 17.2 Å². The molecule has 0 fully saturated rings. The summed E-state index contributed by atoms with van der Waals surface area (Å²) in [6.07, 6.45) is 3.30. The normalized spacial score (nSPS) is 10.6. The Bertz CT molecular complexity index is 572. The molecule has 0 saturated carbocycles. The smallest absolute Gasteiger partial charge is 0.315 e. The quantitative estimate of drug-likeness (QED) is 0.434. The molecule has 1 aromatic rings. The summed E-state index contributed by atoms with van der Waals surface area (Å²) in [6.45, 7) is 3.92. The van der Waals surface area contributed by atoms with E-state index in [0.717, 1.165) is 18.9 Å². The first-order valence-corrected chi connectivity index (χ1v) is 6.95. The molecule has 0 saturated heterocycles. The maximum absolute atomic E-state index is 11.4. The number of carbonyl (C=O) groups is 1. The molecule has 120 valence electrons. The first kappa shape index (κ1) is 17.4. The van der Waals surface area contributed by atoms with Crippen LogP contribution in [0.1, 0.15) is 38.7 Å². The molecule has 0 aliphatic heterocycles. The lowest BCUT2D eigenvalue weighted by Gasteiger charge is -2.07. The Labute approximate surface area is 127 Å². The molecule has 22 heavy (non-hydrogen) atoms. The highest BCUT2D eigenvalue weighted by Gasteiger charge is 2.19. The third kappa shape index (κ3) is 5.04. The van der Waals surface area contributed by atoms with Gasteiger partial charge in [0.25, 0.3) is 0 Å². The van der Waals surface area contributed by atoms with Crippen LogP contribution in [-0.2, 0) is 4.79 Å². The number of nitro groups is 1. The highest BCUT2D eigenvalue weighted by molar-refractivity contribution is 5.84. The zero-order valence-corrected chi connectivity index (χ0v) is 12.5. The number of carbonyl (C=O) groups excluding carboxylic acids is 1. The third-order valence-corrected chi connectivity index (χ3v) is 2.73. The summed E-state index contributed by atoms with van der Waals surface area (Å²) < 4.78 is 5.15. The lowest BCUT2D eigenvalue weighted by Crippen LogP contribution is -2.16. The molecule has 1 rings (SSSR count). The predicted octanol–water partition coefficient (Wildman–Crippen LogP) is 2.34. The number of amides is 1. The number of unbranched alkanes of at least 4 members (excludes halogenated alkanes) is 1. The molecule has 0 radical (unpaired) electrons. The number of hydrogen-bond acceptors (Lipinski definition) is 6. The third-order valence-electron chi connectivity index (χ3n) is 2.73. The van der Waals surface area contributed by atoms with Gasteiger partial charge >= 0.3 is 5.69 Å². The molecular formula is C14H19N3O5. The number of benzene rings is 1. The summed E-state index contributed by atoms with van der Waals surface area (Å²) in [5.41, 5.74) is 2.19. The molecular weight excluding hydrogens is 290 g/mol. The van der Waals surface area contributed by atoms with Gasteiger partial charge in [-0.25, -0.2) is 5.43 Å². The van der Waals surface area contributed by atoms with Crippen LogP contribution in [0.4, 0.5) is 5.69 Å². The number of rotatable bonds is 8. The highest BCUT2D eigenvalue weighted by Crippen LogP contribution is 2.36. The second-order valence-corrected chi connectivity index (χ2v) is 4.47. The van der Waals surface area contributed by atoms with Crippen molar-refractivity contribution in [3.8, 4) is 11.5 Å². The van der Waals surface area contributed by atoms with E-state index < -0.39 is 16.4 Å². The predicted molar refractivity (Wildman–Crippen MR) is 81.2 cm³/mol. The van der Waals surface area contributed by atoms with Gasteiger partial charge in [-0.3, -0.25) is 14.9 Å². The topological polar surface area (TPSA) is 114 Å². The van der Waals surface area contributed by atoms with Gasteiger partial charge in [-0.05, 0) is 19.4 Å². The summed E-state index contributed by atoms with van der Waals surface area (Å²) in [5, 5.41) is 24.4. The zero-order valence-electron chi connectivity index (χ0n) is 12.5. The molecule has 0 bridgehead atoms. The monoisotopic (exact) mass is 309 g/mol. The molecule has 1 aromatic carbocycles. The number of nitrogens with zero attached hydrogens (tertiary/aromatic N) is 2. The Balaban J connectivity index is 2.90. The van der Waals surface area contributed by atoms with Gasteiger partial charge in [0.15, 0.2) is 5.75 Å². The first-order valence-electron chi connectivity index (χ1n) is 6.95. The average molecular weight is 309 g/mol. The molecule has 0 aliphatic carbocycles. The average Bonchev–Trinajstić information content (AvgIpc) is 2.48. The lowest BCUT2D eigenvalue weighted by atomic mass is 10.2. The molecule has 0 atom stereocenters. The summed E-state index contributed by atoms with van der Waals surface area (Å²) in [7, 11) is 0. The van der Waals surface area contributed by atoms with Crippen LogP contribution < -0.4 is 10.2 Å². The van der Waals surface area contributed by atoms with E-state index in [9.17, 15) is 20.0 Å². The molecule has 8 heteroatoms. The van der Waals surface area contributed by atoms with Crippen LogP contribution >= 0.6 is 0 Å². The largest absolute Gasteiger partial charge is 0.500 e. The van der Waals surface area contributed by atoms with Crippen molar-refractivity contribution in [2.24, 2.45) is 5.10 Å². The number of ether oxygens (including phenoxy) is 1. The van der Waals surface area contributed by atoms with Crippen LogP contribution in [0.25, 0.3) is 0 Å². The number of nitro benzene ring substituents is 1. The first-order chi connectivity index (χ1) is 10.5. The van der Waals surface area contributed by atoms with Crippen LogP contribution in [0, 0.1) is 10.1 Å². The van der Waals surface area contributed by atoms with Gasteiger partial charge in [-0.2, -0.15) is 5.10 Å². The van der Waals surface area contributed by atoms with Gasteiger partial charge in [-0.1, -0.05) is 13.3 Å². The minimum absolute atomic E-state index is 0.00420. The van der Waals surface area contributed by atoms with Crippen molar-refractivity contribution in [3.05, 3.63) is 27.8 Å². The molecule has 0 aliphatic rings. The Kier molecular flexibility index (Phi) is 6.81. The molecule has 0 heterocycles. The minimum atomic E-state index is -0.713. The van der Waals surface area contributed by atoms with Gasteiger partial charge in [0.1, 0.15) is 0 Å². The van der Waals surface area contributed by atoms with E-state index in [1.54, 1.807) is 6.92 Å². The SMILES string of the molecule is CCCCC(=O)N/N=C/c1cc(OCC)c(O)c([N+](=O)[O-])c1. The molecule has 0 aromatic heterocycles. The van der Waals surface area contributed by atoms with Crippen molar-refractivity contribution >= 4 is 17.8 Å². The fourth-order valence-electron chi connectivity index (χ4n) is 1.67. The van der Waals surface area contributed by atoms with Crippen LogP contribution in [-0.4, -0.2) is 28.8 Å². The van der Waals surface area contributed by atoms with Crippen molar-refractivity contribution in [2.75, 3.05) is 6.61 Å². The van der Waals surface area contributed by atoms with Gasteiger partial charge in [-0.15, -0.1) is 0 Å². The van der Waals surface area contributed by atoms with Gasteiger partial charge in [0, 0.05) is 18.1 Å². The molecule has 1 amide bonds. The van der Waals surface area contributed by atoms with E-state index in [1.807, 2.05) is 6.92 Å². The van der Waals surface area contributed by atoms with Crippen LogP contribution in [0.5, 0.6) is 11.5 Å². The molecule has 0 unspecified atom stereocenters. The highest BCUT2D eigenvalue weighted by atomic mass is 16.6. The van der Waals surface area contributed by atoms with E-state index in [1.165, 1.54) is 12.3 Å². The van der Waals surface area contributed by atoms with E-state index in [-0.39, 0.29) is 18.3 Å². The van der Waals surface area contributed by atoms with Gasteiger partial charge < -0.3 is 9.84 Å².